The quantitative estimate of drug-likeness (QED) is 0.583. The van der Waals surface area contributed by atoms with Gasteiger partial charge in [0.2, 0.25) is 0 Å². The summed E-state index contributed by atoms with van der Waals surface area (Å²) in [6.07, 6.45) is 3.74. The second-order valence-corrected chi connectivity index (χ2v) is 4.88. The van der Waals surface area contributed by atoms with Gasteiger partial charge < -0.3 is 15.2 Å². The molecule has 2 rings (SSSR count). The van der Waals surface area contributed by atoms with Crippen molar-refractivity contribution in [3.05, 3.63) is 30.1 Å². The second-order valence-electron chi connectivity index (χ2n) is 4.11. The van der Waals surface area contributed by atoms with Crippen molar-refractivity contribution in [2.45, 2.75) is 5.16 Å². The monoisotopic (exact) mass is 309 g/mol. The van der Waals surface area contributed by atoms with Crippen LogP contribution in [0.2, 0.25) is 0 Å². The minimum absolute atomic E-state index is 0.138. The van der Waals surface area contributed by atoms with Crippen molar-refractivity contribution in [2.24, 2.45) is 0 Å². The van der Waals surface area contributed by atoms with E-state index in [4.69, 9.17) is 9.84 Å². The van der Waals surface area contributed by atoms with Crippen LogP contribution in [0.3, 0.4) is 0 Å². The minimum Gasteiger partial charge on any atom is -0.480 e. The van der Waals surface area contributed by atoms with Crippen molar-refractivity contribution >= 4 is 29.2 Å². The van der Waals surface area contributed by atoms with Crippen LogP contribution < -0.4 is 5.32 Å². The first-order valence-electron chi connectivity index (χ1n) is 6.22. The van der Waals surface area contributed by atoms with Crippen LogP contribution in [0, 0.1) is 0 Å². The lowest BCUT2D eigenvalue weighted by molar-refractivity contribution is -0.142. The van der Waals surface area contributed by atoms with Gasteiger partial charge in [-0.3, -0.25) is 9.20 Å². The van der Waals surface area contributed by atoms with Crippen molar-refractivity contribution < 1.29 is 19.4 Å². The Morgan fingerprint density at radius 3 is 3.00 bits per heavy atom. The highest BCUT2D eigenvalue weighted by atomic mass is 32.2. The summed E-state index contributed by atoms with van der Waals surface area (Å²) in [6.45, 7) is -0.00825. The minimum atomic E-state index is -1.04. The highest BCUT2D eigenvalue weighted by Gasteiger charge is 2.16. The molecule has 0 unspecified atom stereocenters. The van der Waals surface area contributed by atoms with Crippen LogP contribution in [0.4, 0.5) is 0 Å². The van der Waals surface area contributed by atoms with Gasteiger partial charge in [-0.05, 0) is 18.4 Å². The number of aliphatic carboxylic acids is 1. The number of nitrogens with one attached hydrogen (secondary N) is 1. The molecule has 0 spiro atoms. The fraction of sp³-hybridized carbons (Fsp3) is 0.308. The van der Waals surface area contributed by atoms with Gasteiger partial charge in [-0.25, -0.2) is 9.78 Å². The molecule has 1 amide bonds. The van der Waals surface area contributed by atoms with Gasteiger partial charge in [0.25, 0.3) is 5.91 Å². The molecule has 0 aliphatic carbocycles. The number of pyridine rings is 1. The van der Waals surface area contributed by atoms with Crippen molar-refractivity contribution in [1.29, 1.82) is 0 Å². The van der Waals surface area contributed by atoms with E-state index in [0.717, 1.165) is 10.7 Å². The molecule has 7 nitrogen and oxygen atoms in total. The Kier molecular flexibility index (Phi) is 5.18. The number of nitrogens with zero attached hydrogens (tertiary/aromatic N) is 2. The number of carbonyl (C=O) groups excluding carboxylic acids is 1. The normalized spacial score (nSPS) is 10.7. The number of hydrogen-bond donors (Lipinski definition) is 2. The lowest BCUT2D eigenvalue weighted by atomic mass is 10.3. The molecule has 0 bridgehead atoms. The molecule has 0 saturated carbocycles. The predicted molar refractivity (Wildman–Crippen MR) is 77.8 cm³/mol. The summed E-state index contributed by atoms with van der Waals surface area (Å²) < 4.78 is 6.70. The Morgan fingerprint density at radius 2 is 2.29 bits per heavy atom. The first kappa shape index (κ1) is 15.3. The lowest BCUT2D eigenvalue weighted by Gasteiger charge is -2.03. The third-order valence-electron chi connectivity index (χ3n) is 2.67. The first-order chi connectivity index (χ1) is 10.1. The standard InChI is InChI=1S/C13H15N3O4S/c1-21-13-15-11(9-4-2-3-6-16(9)13)12(19)14-5-7-20-8-10(17)18/h2-4,6H,5,7-8H2,1H3,(H,14,19)(H,17,18). The topological polar surface area (TPSA) is 92.9 Å². The van der Waals surface area contributed by atoms with Gasteiger partial charge in [0.05, 0.1) is 12.1 Å². The van der Waals surface area contributed by atoms with E-state index in [1.807, 2.05) is 35.1 Å². The molecule has 0 radical (unpaired) electrons. The van der Waals surface area contributed by atoms with E-state index < -0.39 is 5.97 Å². The Morgan fingerprint density at radius 1 is 1.48 bits per heavy atom. The molecule has 0 aliphatic heterocycles. The summed E-state index contributed by atoms with van der Waals surface area (Å²) in [5.41, 5.74) is 1.07. The molecule has 21 heavy (non-hydrogen) atoms. The molecule has 2 aromatic rings. The van der Waals surface area contributed by atoms with E-state index in [-0.39, 0.29) is 25.7 Å². The number of carboxylic acids is 1. The number of carbonyl (C=O) groups is 2. The summed E-state index contributed by atoms with van der Waals surface area (Å²) in [5.74, 6) is -1.34. The molecular formula is C13H15N3O4S. The highest BCUT2D eigenvalue weighted by Crippen LogP contribution is 2.19. The zero-order valence-electron chi connectivity index (χ0n) is 11.4. The Labute approximate surface area is 125 Å². The number of ether oxygens (including phenoxy) is 1. The van der Waals surface area contributed by atoms with Gasteiger partial charge in [0, 0.05) is 12.7 Å². The summed E-state index contributed by atoms with van der Waals surface area (Å²) in [5, 5.41) is 11.8. The SMILES string of the molecule is CSc1nc(C(=O)NCCOCC(=O)O)c2ccccn12. The molecule has 0 aliphatic rings. The number of imidazole rings is 1. The fourth-order valence-electron chi connectivity index (χ4n) is 1.80. The molecule has 0 aromatic carbocycles. The number of aromatic nitrogens is 2. The smallest absolute Gasteiger partial charge is 0.329 e. The van der Waals surface area contributed by atoms with Gasteiger partial charge in [-0.1, -0.05) is 17.8 Å². The summed E-state index contributed by atoms with van der Waals surface area (Å²) in [6, 6.07) is 5.53. The number of carboxylic acid groups (broad SMARTS) is 1. The Bertz CT molecular complexity index is 656. The average molecular weight is 309 g/mol. The molecule has 0 fully saturated rings. The predicted octanol–water partition coefficient (Wildman–Crippen LogP) is 0.887. The van der Waals surface area contributed by atoms with E-state index >= 15 is 0 Å². The van der Waals surface area contributed by atoms with E-state index in [0.29, 0.717) is 5.69 Å². The molecule has 112 valence electrons. The van der Waals surface area contributed by atoms with Crippen LogP contribution in [0.1, 0.15) is 10.5 Å². The van der Waals surface area contributed by atoms with Crippen LogP contribution in [0.5, 0.6) is 0 Å². The van der Waals surface area contributed by atoms with Crippen molar-refractivity contribution in [3.63, 3.8) is 0 Å². The molecule has 0 saturated heterocycles. The third kappa shape index (κ3) is 3.73. The van der Waals surface area contributed by atoms with Gasteiger partial charge in [0.1, 0.15) is 6.61 Å². The first-order valence-corrected chi connectivity index (χ1v) is 7.44. The molecule has 2 heterocycles. The maximum absolute atomic E-state index is 12.1. The van der Waals surface area contributed by atoms with E-state index in [1.54, 1.807) is 0 Å². The van der Waals surface area contributed by atoms with E-state index in [1.165, 1.54) is 11.8 Å². The summed E-state index contributed by atoms with van der Waals surface area (Å²) in [7, 11) is 0. The van der Waals surface area contributed by atoms with Crippen LogP contribution in [0.15, 0.2) is 29.6 Å². The molecule has 2 N–H and O–H groups in total. The number of thioether (sulfide) groups is 1. The lowest BCUT2D eigenvalue weighted by Crippen LogP contribution is -2.28. The number of fused-ring (bicyclic) bond motifs is 1. The summed E-state index contributed by atoms with van der Waals surface area (Å²) in [4.78, 5) is 26.7. The van der Waals surface area contributed by atoms with Crippen molar-refractivity contribution in [2.75, 3.05) is 26.0 Å². The number of hydrogen-bond acceptors (Lipinski definition) is 5. The van der Waals surface area contributed by atoms with Crippen LogP contribution in [0.25, 0.3) is 5.52 Å². The van der Waals surface area contributed by atoms with E-state index in [2.05, 4.69) is 10.3 Å². The van der Waals surface area contributed by atoms with Gasteiger partial charge in [-0.15, -0.1) is 0 Å². The zero-order valence-corrected chi connectivity index (χ0v) is 12.2. The van der Waals surface area contributed by atoms with Crippen molar-refractivity contribution in [3.8, 4) is 0 Å². The maximum atomic E-state index is 12.1. The summed E-state index contributed by atoms with van der Waals surface area (Å²) >= 11 is 1.45. The molecular weight excluding hydrogens is 294 g/mol. The van der Waals surface area contributed by atoms with Crippen molar-refractivity contribution in [1.82, 2.24) is 14.7 Å². The third-order valence-corrected chi connectivity index (χ3v) is 3.32. The second kappa shape index (κ2) is 7.09. The molecule has 2 aromatic heterocycles. The number of rotatable bonds is 7. The van der Waals surface area contributed by atoms with Gasteiger partial charge in [-0.2, -0.15) is 0 Å². The fourth-order valence-corrected chi connectivity index (χ4v) is 2.34. The van der Waals surface area contributed by atoms with Gasteiger partial charge >= 0.3 is 5.97 Å². The van der Waals surface area contributed by atoms with E-state index in [9.17, 15) is 9.59 Å². The Hall–Kier alpha value is -2.06. The van der Waals surface area contributed by atoms with Gasteiger partial charge in [0.15, 0.2) is 10.9 Å². The average Bonchev–Trinajstić information content (AvgIpc) is 2.85. The molecule has 8 heteroatoms. The molecule has 0 atom stereocenters. The largest absolute Gasteiger partial charge is 0.480 e. The number of amides is 1. The van der Waals surface area contributed by atoms with Crippen LogP contribution >= 0.6 is 11.8 Å². The Balaban J connectivity index is 2.01. The maximum Gasteiger partial charge on any atom is 0.329 e. The zero-order chi connectivity index (χ0) is 15.2. The van der Waals surface area contributed by atoms with Crippen LogP contribution in [-0.4, -0.2) is 52.4 Å². The van der Waals surface area contributed by atoms with Crippen LogP contribution in [-0.2, 0) is 9.53 Å². The highest BCUT2D eigenvalue weighted by molar-refractivity contribution is 7.98.